The Morgan fingerprint density at radius 2 is 2.08 bits per heavy atom. The standard InChI is InChI=1S/C19H29N3O3/c1-14-17(15(2)25-20-14)11-21-8-4-7-19(12-21)13-22(9-10-24-19)18(23)16-5-3-6-16/h16H,3-13H2,1-2H3. The van der Waals surface area contributed by atoms with Gasteiger partial charge >= 0.3 is 0 Å². The summed E-state index contributed by atoms with van der Waals surface area (Å²) >= 11 is 0. The number of morpholine rings is 1. The number of piperidine rings is 1. The molecular formula is C19H29N3O3. The Morgan fingerprint density at radius 1 is 1.24 bits per heavy atom. The van der Waals surface area contributed by atoms with Gasteiger partial charge in [-0.1, -0.05) is 11.6 Å². The third-order valence-corrected chi connectivity index (χ3v) is 6.20. The normalized spacial score (nSPS) is 28.3. The Bertz CT molecular complexity index is 616. The van der Waals surface area contributed by atoms with Crippen LogP contribution in [0.1, 0.15) is 49.1 Å². The molecule has 25 heavy (non-hydrogen) atoms. The third-order valence-electron chi connectivity index (χ3n) is 6.20. The van der Waals surface area contributed by atoms with Crippen molar-refractivity contribution < 1.29 is 14.1 Å². The molecule has 3 aliphatic rings. The lowest BCUT2D eigenvalue weighted by molar-refractivity contribution is -0.166. The van der Waals surface area contributed by atoms with Crippen molar-refractivity contribution in [2.24, 2.45) is 5.92 Å². The number of aromatic nitrogens is 1. The first-order valence-corrected chi connectivity index (χ1v) is 9.63. The summed E-state index contributed by atoms with van der Waals surface area (Å²) in [6.45, 7) is 8.94. The Kier molecular flexibility index (Phi) is 4.58. The summed E-state index contributed by atoms with van der Waals surface area (Å²) in [7, 11) is 0. The zero-order chi connectivity index (χ0) is 17.4. The monoisotopic (exact) mass is 347 g/mol. The SMILES string of the molecule is Cc1noc(C)c1CN1CCCC2(C1)CN(C(=O)C1CCC1)CCO2. The van der Waals surface area contributed by atoms with Gasteiger partial charge in [0.25, 0.3) is 0 Å². The number of hydrogen-bond acceptors (Lipinski definition) is 5. The number of likely N-dealkylation sites (tertiary alicyclic amines) is 1. The predicted octanol–water partition coefficient (Wildman–Crippen LogP) is 2.28. The smallest absolute Gasteiger partial charge is 0.225 e. The molecule has 138 valence electrons. The lowest BCUT2D eigenvalue weighted by Crippen LogP contribution is -2.61. The van der Waals surface area contributed by atoms with E-state index in [4.69, 9.17) is 9.26 Å². The maximum atomic E-state index is 12.7. The fourth-order valence-electron chi connectivity index (χ4n) is 4.47. The summed E-state index contributed by atoms with van der Waals surface area (Å²) in [4.78, 5) is 17.2. The van der Waals surface area contributed by atoms with Crippen LogP contribution in [0.3, 0.4) is 0 Å². The summed E-state index contributed by atoms with van der Waals surface area (Å²) in [6, 6.07) is 0. The number of carbonyl (C=O) groups excluding carboxylic acids is 1. The molecule has 6 heteroatoms. The highest BCUT2D eigenvalue weighted by Crippen LogP contribution is 2.33. The minimum atomic E-state index is -0.200. The number of rotatable bonds is 3. The highest BCUT2D eigenvalue weighted by Gasteiger charge is 2.43. The van der Waals surface area contributed by atoms with Crippen molar-refractivity contribution in [1.82, 2.24) is 15.0 Å². The van der Waals surface area contributed by atoms with Crippen molar-refractivity contribution in [3.63, 3.8) is 0 Å². The van der Waals surface area contributed by atoms with Crippen LogP contribution in [0, 0.1) is 19.8 Å². The van der Waals surface area contributed by atoms with E-state index in [-0.39, 0.29) is 11.5 Å². The quantitative estimate of drug-likeness (QED) is 0.840. The zero-order valence-electron chi connectivity index (χ0n) is 15.4. The highest BCUT2D eigenvalue weighted by atomic mass is 16.5. The number of nitrogens with zero attached hydrogens (tertiary/aromatic N) is 3. The van der Waals surface area contributed by atoms with Crippen LogP contribution in [0.25, 0.3) is 0 Å². The second kappa shape index (κ2) is 6.72. The number of ether oxygens (including phenoxy) is 1. The molecule has 6 nitrogen and oxygen atoms in total. The van der Waals surface area contributed by atoms with Crippen LogP contribution in [0.5, 0.6) is 0 Å². The molecule has 1 aromatic rings. The van der Waals surface area contributed by atoms with Gasteiger partial charge in [0.05, 0.1) is 24.4 Å². The maximum absolute atomic E-state index is 12.7. The third kappa shape index (κ3) is 3.34. The lowest BCUT2D eigenvalue weighted by atomic mass is 9.83. The van der Waals surface area contributed by atoms with Gasteiger partial charge < -0.3 is 14.2 Å². The molecule has 1 unspecified atom stereocenters. The largest absolute Gasteiger partial charge is 0.370 e. The molecule has 0 radical (unpaired) electrons. The van der Waals surface area contributed by atoms with Crippen LogP contribution >= 0.6 is 0 Å². The van der Waals surface area contributed by atoms with Gasteiger partial charge in [0.2, 0.25) is 5.91 Å². The molecule has 1 aliphatic carbocycles. The van der Waals surface area contributed by atoms with Crippen molar-refractivity contribution in [2.45, 2.75) is 58.1 Å². The van der Waals surface area contributed by atoms with E-state index in [1.54, 1.807) is 0 Å². The van der Waals surface area contributed by atoms with E-state index < -0.39 is 0 Å². The van der Waals surface area contributed by atoms with Crippen LogP contribution in [0.4, 0.5) is 0 Å². The fraction of sp³-hybridized carbons (Fsp3) is 0.789. The molecular weight excluding hydrogens is 318 g/mol. The topological polar surface area (TPSA) is 58.8 Å². The van der Waals surface area contributed by atoms with Crippen LogP contribution in [0.15, 0.2) is 4.52 Å². The number of hydrogen-bond donors (Lipinski definition) is 0. The van der Waals surface area contributed by atoms with Crippen LogP contribution in [0.2, 0.25) is 0 Å². The van der Waals surface area contributed by atoms with Crippen molar-refractivity contribution in [2.75, 3.05) is 32.8 Å². The number of amides is 1. The van der Waals surface area contributed by atoms with Crippen LogP contribution in [-0.4, -0.2) is 59.3 Å². The second-order valence-electron chi connectivity index (χ2n) is 8.04. The first-order valence-electron chi connectivity index (χ1n) is 9.63. The first-order chi connectivity index (χ1) is 12.1. The molecule has 1 spiro atoms. The average Bonchev–Trinajstić information content (AvgIpc) is 2.85. The molecule has 1 aromatic heterocycles. The Labute approximate surface area is 149 Å². The summed E-state index contributed by atoms with van der Waals surface area (Å²) in [5, 5.41) is 4.07. The van der Waals surface area contributed by atoms with Gasteiger partial charge in [0.1, 0.15) is 5.76 Å². The van der Waals surface area contributed by atoms with Gasteiger partial charge in [0, 0.05) is 31.1 Å². The fourth-order valence-corrected chi connectivity index (χ4v) is 4.47. The molecule has 1 atom stereocenters. The molecule has 3 fully saturated rings. The molecule has 3 heterocycles. The van der Waals surface area contributed by atoms with E-state index in [2.05, 4.69) is 15.0 Å². The predicted molar refractivity (Wildman–Crippen MR) is 93.1 cm³/mol. The molecule has 0 aromatic carbocycles. The van der Waals surface area contributed by atoms with Crippen molar-refractivity contribution in [1.29, 1.82) is 0 Å². The van der Waals surface area contributed by atoms with E-state index in [0.717, 1.165) is 69.9 Å². The minimum Gasteiger partial charge on any atom is -0.370 e. The summed E-state index contributed by atoms with van der Waals surface area (Å²) in [5.41, 5.74) is 1.97. The Morgan fingerprint density at radius 3 is 2.76 bits per heavy atom. The minimum absolute atomic E-state index is 0.200. The van der Waals surface area contributed by atoms with Crippen molar-refractivity contribution in [3.05, 3.63) is 17.0 Å². The van der Waals surface area contributed by atoms with Crippen molar-refractivity contribution in [3.8, 4) is 0 Å². The number of carbonyl (C=O) groups is 1. The van der Waals surface area contributed by atoms with E-state index in [0.29, 0.717) is 12.5 Å². The maximum Gasteiger partial charge on any atom is 0.225 e. The highest BCUT2D eigenvalue weighted by molar-refractivity contribution is 5.79. The zero-order valence-corrected chi connectivity index (χ0v) is 15.4. The summed E-state index contributed by atoms with van der Waals surface area (Å²) < 4.78 is 11.6. The summed E-state index contributed by atoms with van der Waals surface area (Å²) in [6.07, 6.45) is 5.49. The van der Waals surface area contributed by atoms with E-state index in [9.17, 15) is 4.79 Å². The molecule has 1 saturated carbocycles. The first kappa shape index (κ1) is 17.0. The molecule has 2 saturated heterocycles. The lowest BCUT2D eigenvalue weighted by Gasteiger charge is -2.49. The van der Waals surface area contributed by atoms with Gasteiger partial charge in [-0.05, 0) is 46.1 Å². The Hall–Kier alpha value is -1.40. The van der Waals surface area contributed by atoms with E-state index >= 15 is 0 Å². The van der Waals surface area contributed by atoms with Crippen LogP contribution < -0.4 is 0 Å². The van der Waals surface area contributed by atoms with Gasteiger partial charge in [-0.3, -0.25) is 9.69 Å². The van der Waals surface area contributed by atoms with Gasteiger partial charge in [-0.2, -0.15) is 0 Å². The van der Waals surface area contributed by atoms with Crippen molar-refractivity contribution >= 4 is 5.91 Å². The number of aryl methyl sites for hydroxylation is 2. The van der Waals surface area contributed by atoms with Crippen LogP contribution in [-0.2, 0) is 16.1 Å². The van der Waals surface area contributed by atoms with E-state index in [1.807, 2.05) is 13.8 Å². The van der Waals surface area contributed by atoms with E-state index in [1.165, 1.54) is 12.0 Å². The average molecular weight is 347 g/mol. The Balaban J connectivity index is 1.43. The molecule has 0 bridgehead atoms. The van der Waals surface area contributed by atoms with Gasteiger partial charge in [0.15, 0.2) is 0 Å². The second-order valence-corrected chi connectivity index (χ2v) is 8.04. The molecule has 4 rings (SSSR count). The molecule has 0 N–H and O–H groups in total. The molecule has 2 aliphatic heterocycles. The molecule has 1 amide bonds. The van der Waals surface area contributed by atoms with Gasteiger partial charge in [-0.25, -0.2) is 0 Å². The van der Waals surface area contributed by atoms with Gasteiger partial charge in [-0.15, -0.1) is 0 Å². The summed E-state index contributed by atoms with van der Waals surface area (Å²) in [5.74, 6) is 1.54.